The average Bonchev–Trinajstić information content (AvgIpc) is 3.54. The fourth-order valence-electron chi connectivity index (χ4n) is 6.10. The van der Waals surface area contributed by atoms with Crippen molar-refractivity contribution in [3.63, 3.8) is 0 Å². The second kappa shape index (κ2) is 11.1. The quantitative estimate of drug-likeness (QED) is 0.195. The maximum atomic E-state index is 6.29. The number of rotatable bonds is 5. The third-order valence-electron chi connectivity index (χ3n) is 8.44. The van der Waals surface area contributed by atoms with Crippen molar-refractivity contribution in [3.8, 4) is 56.5 Å². The Bertz CT molecular complexity index is 2500. The number of nitrogens with zero attached hydrogens (tertiary/aromatic N) is 5. The molecule has 6 nitrogen and oxygen atoms in total. The van der Waals surface area contributed by atoms with Gasteiger partial charge in [-0.3, -0.25) is 9.97 Å². The Balaban J connectivity index is 1.09. The van der Waals surface area contributed by atoms with Crippen LogP contribution in [0.4, 0.5) is 0 Å². The molecule has 0 saturated heterocycles. The molecular weight excluding hydrogens is 578 g/mol. The fraction of sp³-hybridized carbons (Fsp3) is 0. The summed E-state index contributed by atoms with van der Waals surface area (Å²) < 4.78 is 6.29. The Kier molecular flexibility index (Phi) is 6.35. The lowest BCUT2D eigenvalue weighted by atomic mass is 10.0. The van der Waals surface area contributed by atoms with Crippen LogP contribution in [0.15, 0.2) is 156 Å². The van der Waals surface area contributed by atoms with Crippen LogP contribution in [-0.2, 0) is 0 Å². The molecule has 220 valence electrons. The number of pyridine rings is 2. The van der Waals surface area contributed by atoms with Crippen molar-refractivity contribution < 1.29 is 4.42 Å². The van der Waals surface area contributed by atoms with Crippen LogP contribution in [0, 0.1) is 0 Å². The van der Waals surface area contributed by atoms with Crippen LogP contribution in [0.5, 0.6) is 0 Å². The summed E-state index contributed by atoms with van der Waals surface area (Å²) in [7, 11) is 0. The zero-order valence-electron chi connectivity index (χ0n) is 25.1. The van der Waals surface area contributed by atoms with Gasteiger partial charge in [0.2, 0.25) is 0 Å². The molecule has 0 radical (unpaired) electrons. The Morgan fingerprint density at radius 3 is 1.77 bits per heavy atom. The molecule has 6 heteroatoms. The van der Waals surface area contributed by atoms with Gasteiger partial charge in [-0.1, -0.05) is 121 Å². The third kappa shape index (κ3) is 4.80. The van der Waals surface area contributed by atoms with E-state index < -0.39 is 0 Å². The molecule has 5 aromatic carbocycles. The number of fused-ring (bicyclic) bond motifs is 4. The molecule has 0 saturated carbocycles. The predicted octanol–water partition coefficient (Wildman–Crippen LogP) is 10.0. The lowest BCUT2D eigenvalue weighted by Gasteiger charge is -2.10. The van der Waals surface area contributed by atoms with E-state index in [1.54, 1.807) is 0 Å². The molecule has 0 atom stereocenters. The summed E-state index contributed by atoms with van der Waals surface area (Å²) in [5.74, 6) is 1.90. The summed E-state index contributed by atoms with van der Waals surface area (Å²) in [5, 5.41) is 3.15. The van der Waals surface area contributed by atoms with Crippen LogP contribution in [0.3, 0.4) is 0 Å². The summed E-state index contributed by atoms with van der Waals surface area (Å²) >= 11 is 0. The van der Waals surface area contributed by atoms with Crippen LogP contribution < -0.4 is 0 Å². The van der Waals surface area contributed by atoms with E-state index in [1.165, 1.54) is 0 Å². The van der Waals surface area contributed by atoms with Crippen molar-refractivity contribution in [1.82, 2.24) is 24.9 Å². The normalized spacial score (nSPS) is 11.4. The Morgan fingerprint density at radius 2 is 1.06 bits per heavy atom. The van der Waals surface area contributed by atoms with Gasteiger partial charge in [-0.15, -0.1) is 0 Å². The van der Waals surface area contributed by atoms with Crippen LogP contribution in [0.25, 0.3) is 89.4 Å². The maximum absolute atomic E-state index is 6.29. The van der Waals surface area contributed by atoms with Gasteiger partial charge in [0.05, 0.1) is 5.52 Å². The van der Waals surface area contributed by atoms with Gasteiger partial charge in [-0.25, -0.2) is 15.0 Å². The number of furan rings is 1. The van der Waals surface area contributed by atoms with E-state index in [-0.39, 0.29) is 0 Å². The maximum Gasteiger partial charge on any atom is 0.164 e. The van der Waals surface area contributed by atoms with Gasteiger partial charge in [-0.2, -0.15) is 0 Å². The molecule has 0 amide bonds. The summed E-state index contributed by atoms with van der Waals surface area (Å²) in [6, 6.07) is 46.8. The molecule has 4 heterocycles. The third-order valence-corrected chi connectivity index (χ3v) is 8.44. The van der Waals surface area contributed by atoms with Crippen molar-refractivity contribution >= 4 is 32.8 Å². The first-order chi connectivity index (χ1) is 23.3. The first kappa shape index (κ1) is 26.8. The smallest absolute Gasteiger partial charge is 0.164 e. The van der Waals surface area contributed by atoms with Gasteiger partial charge >= 0.3 is 0 Å². The second-order valence-electron chi connectivity index (χ2n) is 11.4. The van der Waals surface area contributed by atoms with Gasteiger partial charge in [0.25, 0.3) is 0 Å². The molecule has 0 N–H and O–H groups in total. The number of hydrogen-bond acceptors (Lipinski definition) is 6. The van der Waals surface area contributed by atoms with Gasteiger partial charge < -0.3 is 4.42 Å². The Morgan fingerprint density at radius 1 is 0.447 bits per heavy atom. The lowest BCUT2D eigenvalue weighted by Crippen LogP contribution is -2.00. The molecule has 0 aliphatic heterocycles. The molecule has 0 fully saturated rings. The molecule has 9 rings (SSSR count). The molecule has 47 heavy (non-hydrogen) atoms. The van der Waals surface area contributed by atoms with Crippen molar-refractivity contribution in [2.24, 2.45) is 0 Å². The Labute approximate surface area is 270 Å². The van der Waals surface area contributed by atoms with Crippen LogP contribution in [0.2, 0.25) is 0 Å². The topological polar surface area (TPSA) is 77.6 Å². The SMILES string of the molecule is c1ccc(-c2nc(-c3ccccc3)nc(-c3ccc(-c4cnc5c(-c6nccc7c6oc6ccccc67)cccc5c4)cc3)n2)cc1. The summed E-state index contributed by atoms with van der Waals surface area (Å²) in [4.78, 5) is 24.2. The van der Waals surface area contributed by atoms with E-state index in [4.69, 9.17) is 29.3 Å². The summed E-state index contributed by atoms with van der Waals surface area (Å²) in [6.07, 6.45) is 3.76. The van der Waals surface area contributed by atoms with Crippen molar-refractivity contribution in [3.05, 3.63) is 152 Å². The zero-order valence-corrected chi connectivity index (χ0v) is 25.1. The van der Waals surface area contributed by atoms with Gasteiger partial charge in [0.15, 0.2) is 23.1 Å². The first-order valence-electron chi connectivity index (χ1n) is 15.4. The molecule has 0 bridgehead atoms. The van der Waals surface area contributed by atoms with Gasteiger partial charge in [-0.05, 0) is 23.8 Å². The molecule has 9 aromatic rings. The highest BCUT2D eigenvalue weighted by Gasteiger charge is 2.17. The van der Waals surface area contributed by atoms with E-state index in [0.29, 0.717) is 17.5 Å². The predicted molar refractivity (Wildman–Crippen MR) is 187 cm³/mol. The number of para-hydroxylation sites is 2. The highest BCUT2D eigenvalue weighted by molar-refractivity contribution is 6.10. The van der Waals surface area contributed by atoms with Crippen molar-refractivity contribution in [2.75, 3.05) is 0 Å². The lowest BCUT2D eigenvalue weighted by molar-refractivity contribution is 0.668. The van der Waals surface area contributed by atoms with Gasteiger partial charge in [0, 0.05) is 56.4 Å². The van der Waals surface area contributed by atoms with E-state index in [9.17, 15) is 0 Å². The largest absolute Gasteiger partial charge is 0.454 e. The zero-order chi connectivity index (χ0) is 31.2. The van der Waals surface area contributed by atoms with Crippen LogP contribution in [-0.4, -0.2) is 24.9 Å². The van der Waals surface area contributed by atoms with E-state index in [1.807, 2.05) is 103 Å². The van der Waals surface area contributed by atoms with Crippen molar-refractivity contribution in [2.45, 2.75) is 0 Å². The molecular formula is C41H25N5O. The molecule has 0 aliphatic rings. The highest BCUT2D eigenvalue weighted by atomic mass is 16.3. The molecule has 0 aliphatic carbocycles. The minimum atomic E-state index is 0.623. The van der Waals surface area contributed by atoms with E-state index in [2.05, 4.69) is 48.5 Å². The van der Waals surface area contributed by atoms with Crippen LogP contribution in [0.1, 0.15) is 0 Å². The first-order valence-corrected chi connectivity index (χ1v) is 15.4. The van der Waals surface area contributed by atoms with Gasteiger partial charge in [0.1, 0.15) is 11.3 Å². The molecule has 0 spiro atoms. The molecule has 0 unspecified atom stereocenters. The summed E-state index contributed by atoms with van der Waals surface area (Å²) in [6.45, 7) is 0. The molecule has 4 aromatic heterocycles. The minimum absolute atomic E-state index is 0.623. The monoisotopic (exact) mass is 603 g/mol. The number of benzene rings is 5. The van der Waals surface area contributed by atoms with E-state index >= 15 is 0 Å². The minimum Gasteiger partial charge on any atom is -0.454 e. The van der Waals surface area contributed by atoms with Crippen LogP contribution >= 0.6 is 0 Å². The standard InChI is InChI=1S/C41H25N5O/c1-3-10-27(11-4-1)39-44-40(28-12-5-2-6-13-28)46-41(45-39)29-20-18-26(19-21-29)31-24-30-14-9-16-34(36(30)43-25-31)37-38-33(22-23-42-37)32-15-7-8-17-35(32)47-38/h1-25H. The average molecular weight is 604 g/mol. The Hall–Kier alpha value is -6.53. The van der Waals surface area contributed by atoms with Crippen molar-refractivity contribution in [1.29, 1.82) is 0 Å². The highest BCUT2D eigenvalue weighted by Crippen LogP contribution is 2.37. The summed E-state index contributed by atoms with van der Waals surface area (Å²) in [5.41, 5.74) is 9.08. The fourth-order valence-corrected chi connectivity index (χ4v) is 6.10. The number of hydrogen-bond donors (Lipinski definition) is 0. The second-order valence-corrected chi connectivity index (χ2v) is 11.4. The number of aromatic nitrogens is 5. The van der Waals surface area contributed by atoms with E-state index in [0.717, 1.165) is 71.9 Å².